The van der Waals surface area contributed by atoms with E-state index in [9.17, 15) is 9.59 Å². The number of ether oxygens (including phenoxy) is 1. The van der Waals surface area contributed by atoms with E-state index >= 15 is 0 Å². The second kappa shape index (κ2) is 7.44. The molecule has 2 heterocycles. The fourth-order valence-corrected chi connectivity index (χ4v) is 3.06. The summed E-state index contributed by atoms with van der Waals surface area (Å²) >= 11 is 0. The van der Waals surface area contributed by atoms with E-state index in [1.54, 1.807) is 49.6 Å². The van der Waals surface area contributed by atoms with Gasteiger partial charge >= 0.3 is 0 Å². The second-order valence-corrected chi connectivity index (χ2v) is 6.28. The van der Waals surface area contributed by atoms with E-state index in [-0.39, 0.29) is 23.8 Å². The molecule has 2 aromatic carbocycles. The van der Waals surface area contributed by atoms with Gasteiger partial charge in [-0.3, -0.25) is 9.59 Å². The molecule has 6 nitrogen and oxygen atoms in total. The van der Waals surface area contributed by atoms with Crippen LogP contribution in [0, 0.1) is 0 Å². The fourth-order valence-electron chi connectivity index (χ4n) is 3.06. The number of furan rings is 1. The van der Waals surface area contributed by atoms with Crippen LogP contribution in [0.4, 0.5) is 5.69 Å². The molecule has 0 saturated carbocycles. The van der Waals surface area contributed by atoms with E-state index in [4.69, 9.17) is 9.15 Å². The maximum absolute atomic E-state index is 13.0. The summed E-state index contributed by atoms with van der Waals surface area (Å²) in [6.07, 6.45) is 1.45. The third-order valence-corrected chi connectivity index (χ3v) is 4.52. The predicted octanol–water partition coefficient (Wildman–Crippen LogP) is 3.98. The number of amides is 1. The van der Waals surface area contributed by atoms with E-state index in [1.165, 1.54) is 11.2 Å². The number of carbonyl (C=O) groups excluding carboxylic acids is 1. The number of para-hydroxylation sites is 1. The molecule has 6 heteroatoms. The second-order valence-electron chi connectivity index (χ2n) is 6.28. The van der Waals surface area contributed by atoms with Crippen molar-refractivity contribution in [2.75, 3.05) is 12.0 Å². The van der Waals surface area contributed by atoms with Gasteiger partial charge in [0.1, 0.15) is 5.75 Å². The van der Waals surface area contributed by atoms with Crippen molar-refractivity contribution in [3.05, 3.63) is 94.7 Å². The number of fused-ring (bicyclic) bond motifs is 1. The molecule has 0 radical (unpaired) electrons. The zero-order valence-corrected chi connectivity index (χ0v) is 15.2. The molecule has 0 aliphatic heterocycles. The summed E-state index contributed by atoms with van der Waals surface area (Å²) in [6.45, 7) is 0.103. The van der Waals surface area contributed by atoms with Gasteiger partial charge in [0.05, 0.1) is 19.9 Å². The smallest absolute Gasteiger partial charge is 0.294 e. The number of hydrogen-bond acceptors (Lipinski definition) is 4. The number of benzene rings is 2. The zero-order valence-electron chi connectivity index (χ0n) is 15.2. The minimum absolute atomic E-state index is 0.103. The molecule has 1 N–H and O–H groups in total. The number of anilines is 1. The minimum Gasteiger partial charge on any atom is -0.497 e. The van der Waals surface area contributed by atoms with Gasteiger partial charge in [0, 0.05) is 16.8 Å². The van der Waals surface area contributed by atoms with Crippen molar-refractivity contribution in [3.8, 4) is 5.75 Å². The molecule has 140 valence electrons. The Morgan fingerprint density at radius 1 is 1.07 bits per heavy atom. The molecule has 0 fully saturated rings. The average Bonchev–Trinajstić information content (AvgIpc) is 3.27. The SMILES string of the molecule is COc1ccc(N(Cc2cc3ccccc3[nH]c2=O)C(=O)c2ccco2)cc1. The van der Waals surface area contributed by atoms with Crippen LogP contribution in [0.25, 0.3) is 10.9 Å². The maximum Gasteiger partial charge on any atom is 0.294 e. The highest BCUT2D eigenvalue weighted by Gasteiger charge is 2.22. The number of aromatic amines is 1. The molecule has 4 rings (SSSR count). The van der Waals surface area contributed by atoms with Crippen LogP contribution >= 0.6 is 0 Å². The first-order chi connectivity index (χ1) is 13.7. The van der Waals surface area contributed by atoms with Gasteiger partial charge in [-0.15, -0.1) is 0 Å². The molecule has 0 aliphatic rings. The van der Waals surface area contributed by atoms with E-state index in [0.717, 1.165) is 10.9 Å². The molecular formula is C22H18N2O4. The Bertz CT molecular complexity index is 1160. The number of nitrogens with zero attached hydrogens (tertiary/aromatic N) is 1. The van der Waals surface area contributed by atoms with Gasteiger partial charge in [0.2, 0.25) is 0 Å². The van der Waals surface area contributed by atoms with Crippen molar-refractivity contribution in [2.24, 2.45) is 0 Å². The first kappa shape index (κ1) is 17.6. The Hall–Kier alpha value is -3.80. The van der Waals surface area contributed by atoms with Crippen molar-refractivity contribution < 1.29 is 13.9 Å². The van der Waals surface area contributed by atoms with E-state index in [1.807, 2.05) is 24.3 Å². The van der Waals surface area contributed by atoms with E-state index in [2.05, 4.69) is 4.98 Å². The van der Waals surface area contributed by atoms with Crippen LogP contribution in [-0.2, 0) is 6.54 Å². The summed E-state index contributed by atoms with van der Waals surface area (Å²) in [5.74, 6) is 0.550. The number of methoxy groups -OCH3 is 1. The van der Waals surface area contributed by atoms with Crippen LogP contribution in [-0.4, -0.2) is 18.0 Å². The Morgan fingerprint density at radius 3 is 2.57 bits per heavy atom. The first-order valence-electron chi connectivity index (χ1n) is 8.76. The van der Waals surface area contributed by atoms with Gasteiger partial charge in [-0.05, 0) is 53.9 Å². The van der Waals surface area contributed by atoms with Crippen molar-refractivity contribution in [3.63, 3.8) is 0 Å². The van der Waals surface area contributed by atoms with E-state index < -0.39 is 0 Å². The number of aromatic nitrogens is 1. The van der Waals surface area contributed by atoms with Gasteiger partial charge in [0.15, 0.2) is 5.76 Å². The summed E-state index contributed by atoms with van der Waals surface area (Å²) in [5, 5.41) is 0.900. The van der Waals surface area contributed by atoms with Gasteiger partial charge in [-0.25, -0.2) is 0 Å². The Morgan fingerprint density at radius 2 is 1.86 bits per heavy atom. The van der Waals surface area contributed by atoms with Crippen LogP contribution in [0.15, 0.2) is 82.2 Å². The largest absolute Gasteiger partial charge is 0.497 e. The summed E-state index contributed by atoms with van der Waals surface area (Å²) in [6, 6.07) is 19.7. The number of hydrogen-bond donors (Lipinski definition) is 1. The third-order valence-electron chi connectivity index (χ3n) is 4.52. The van der Waals surface area contributed by atoms with Crippen molar-refractivity contribution in [2.45, 2.75) is 6.54 Å². The monoisotopic (exact) mass is 374 g/mol. The standard InChI is InChI=1S/C22H18N2O4/c1-27-18-10-8-17(9-11-18)24(22(26)20-7-4-12-28-20)14-16-13-15-5-2-3-6-19(15)23-21(16)25/h2-13H,14H2,1H3,(H,23,25). The average molecular weight is 374 g/mol. The molecule has 0 bridgehead atoms. The highest BCUT2D eigenvalue weighted by Crippen LogP contribution is 2.23. The van der Waals surface area contributed by atoms with Crippen LogP contribution < -0.4 is 15.2 Å². The number of pyridine rings is 1. The number of nitrogens with one attached hydrogen (secondary N) is 1. The highest BCUT2D eigenvalue weighted by molar-refractivity contribution is 6.04. The summed E-state index contributed by atoms with van der Waals surface area (Å²) in [7, 11) is 1.58. The minimum atomic E-state index is -0.331. The van der Waals surface area contributed by atoms with Crippen molar-refractivity contribution in [1.82, 2.24) is 4.98 Å². The molecule has 0 unspecified atom stereocenters. The van der Waals surface area contributed by atoms with Crippen LogP contribution in [0.5, 0.6) is 5.75 Å². The number of carbonyl (C=O) groups is 1. The zero-order chi connectivity index (χ0) is 19.5. The van der Waals surface area contributed by atoms with Crippen LogP contribution in [0.3, 0.4) is 0 Å². The van der Waals surface area contributed by atoms with Gasteiger partial charge in [0.25, 0.3) is 11.5 Å². The molecule has 0 spiro atoms. The molecule has 0 aliphatic carbocycles. The highest BCUT2D eigenvalue weighted by atomic mass is 16.5. The maximum atomic E-state index is 13.0. The molecular weight excluding hydrogens is 356 g/mol. The van der Waals surface area contributed by atoms with Crippen molar-refractivity contribution in [1.29, 1.82) is 0 Å². The predicted molar refractivity (Wildman–Crippen MR) is 107 cm³/mol. The Balaban J connectivity index is 1.76. The third kappa shape index (κ3) is 3.40. The van der Waals surface area contributed by atoms with Gasteiger partial charge in [-0.1, -0.05) is 18.2 Å². The van der Waals surface area contributed by atoms with Crippen molar-refractivity contribution >= 4 is 22.5 Å². The lowest BCUT2D eigenvalue weighted by Gasteiger charge is -2.22. The molecule has 2 aromatic heterocycles. The number of H-pyrrole nitrogens is 1. The van der Waals surface area contributed by atoms with Gasteiger partial charge in [-0.2, -0.15) is 0 Å². The summed E-state index contributed by atoms with van der Waals surface area (Å²) in [4.78, 5) is 30.0. The topological polar surface area (TPSA) is 75.5 Å². The van der Waals surface area contributed by atoms with Gasteiger partial charge < -0.3 is 19.0 Å². The first-order valence-corrected chi connectivity index (χ1v) is 8.76. The Labute approximate surface area is 161 Å². The lowest BCUT2D eigenvalue weighted by atomic mass is 10.1. The van der Waals surface area contributed by atoms with Crippen LogP contribution in [0.2, 0.25) is 0 Å². The lowest BCUT2D eigenvalue weighted by molar-refractivity contribution is 0.0958. The molecule has 0 atom stereocenters. The summed E-state index contributed by atoms with van der Waals surface area (Å²) in [5.41, 5.74) is 1.64. The normalized spacial score (nSPS) is 10.8. The fraction of sp³-hybridized carbons (Fsp3) is 0.0909. The molecule has 28 heavy (non-hydrogen) atoms. The van der Waals surface area contributed by atoms with Crippen LogP contribution in [0.1, 0.15) is 16.1 Å². The quantitative estimate of drug-likeness (QED) is 0.573. The molecule has 4 aromatic rings. The lowest BCUT2D eigenvalue weighted by Crippen LogP contribution is -2.32. The molecule has 0 saturated heterocycles. The Kier molecular flexibility index (Phi) is 4.68. The van der Waals surface area contributed by atoms with E-state index in [0.29, 0.717) is 17.0 Å². The summed E-state index contributed by atoms with van der Waals surface area (Å²) < 4.78 is 10.5. The number of rotatable bonds is 5. The molecule has 1 amide bonds.